The van der Waals surface area contributed by atoms with Crippen LogP contribution in [-0.4, -0.2) is 18.1 Å². The van der Waals surface area contributed by atoms with Crippen LogP contribution in [0.3, 0.4) is 0 Å². The van der Waals surface area contributed by atoms with E-state index in [4.69, 9.17) is 17.2 Å². The highest BCUT2D eigenvalue weighted by Crippen LogP contribution is 2.40. The van der Waals surface area contributed by atoms with Gasteiger partial charge in [0.05, 0.1) is 0 Å². The predicted molar refractivity (Wildman–Crippen MR) is 174 cm³/mol. The number of hydrogen-bond donors (Lipinski definition) is 3. The zero-order valence-corrected chi connectivity index (χ0v) is 27.5. The Morgan fingerprint density at radius 2 is 1.08 bits per heavy atom. The van der Waals surface area contributed by atoms with E-state index in [-0.39, 0.29) is 0 Å². The highest BCUT2D eigenvalue weighted by atomic mass is 14.7. The lowest BCUT2D eigenvalue weighted by Crippen LogP contribution is -2.35. The van der Waals surface area contributed by atoms with Crippen LogP contribution in [0.1, 0.15) is 164 Å². The summed E-state index contributed by atoms with van der Waals surface area (Å²) >= 11 is 0. The van der Waals surface area contributed by atoms with Gasteiger partial charge >= 0.3 is 0 Å². The van der Waals surface area contributed by atoms with E-state index in [1.807, 2.05) is 0 Å². The van der Waals surface area contributed by atoms with E-state index < -0.39 is 0 Å². The molecule has 0 aliphatic heterocycles. The van der Waals surface area contributed by atoms with Crippen LogP contribution in [0.2, 0.25) is 0 Å². The van der Waals surface area contributed by atoms with Crippen molar-refractivity contribution in [3.05, 3.63) is 0 Å². The van der Waals surface area contributed by atoms with Gasteiger partial charge in [-0.15, -0.1) is 0 Å². The molecule has 0 saturated heterocycles. The summed E-state index contributed by atoms with van der Waals surface area (Å²) in [6.45, 7) is 13.9. The van der Waals surface area contributed by atoms with Crippen LogP contribution in [0.4, 0.5) is 0 Å². The standard InChI is InChI=1S/C16H31N.C14H27N.C6H15N/c1-11-4-5-14(8-12(11)2)10-15-6-7-16(17)13(3)9-15;1-11-2-4-12(5-3-11)10-13-6-8-14(15)9-7-13;1-3-4-5-6(2)7/h11-16H,4-10,17H2,1-3H3;11-14H,2-10,15H2,1H3;6H,3-5,7H2,1-2H3. The first-order valence-corrected chi connectivity index (χ1v) is 17.8. The van der Waals surface area contributed by atoms with Crippen molar-refractivity contribution >= 4 is 0 Å². The van der Waals surface area contributed by atoms with E-state index in [1.165, 1.54) is 122 Å². The predicted octanol–water partition coefficient (Wildman–Crippen LogP) is 9.46. The number of hydrogen-bond acceptors (Lipinski definition) is 3. The molecule has 6 N–H and O–H groups in total. The number of rotatable bonds is 7. The largest absolute Gasteiger partial charge is 0.328 e. The molecule has 0 amide bonds. The third kappa shape index (κ3) is 14.6. The summed E-state index contributed by atoms with van der Waals surface area (Å²) in [5.74, 6) is 7.75. The van der Waals surface area contributed by atoms with E-state index in [0.717, 1.165) is 47.3 Å². The van der Waals surface area contributed by atoms with Crippen molar-refractivity contribution in [1.29, 1.82) is 0 Å². The maximum Gasteiger partial charge on any atom is 0.00647 e. The molecule has 0 heterocycles. The smallest absolute Gasteiger partial charge is 0.00647 e. The van der Waals surface area contributed by atoms with Crippen LogP contribution in [0.15, 0.2) is 0 Å². The summed E-state index contributed by atoms with van der Waals surface area (Å²) in [4.78, 5) is 0. The van der Waals surface area contributed by atoms with Crippen LogP contribution in [0, 0.1) is 47.3 Å². The summed E-state index contributed by atoms with van der Waals surface area (Å²) in [6, 6.07) is 1.41. The first kappa shape index (κ1) is 35.1. The van der Waals surface area contributed by atoms with E-state index in [2.05, 4.69) is 41.5 Å². The molecular formula is C36H73N3. The average molecular weight is 548 g/mol. The molecule has 0 spiro atoms. The van der Waals surface area contributed by atoms with Crippen LogP contribution in [-0.2, 0) is 0 Å². The summed E-state index contributed by atoms with van der Waals surface area (Å²) in [5, 5.41) is 0. The van der Waals surface area contributed by atoms with Gasteiger partial charge < -0.3 is 17.2 Å². The van der Waals surface area contributed by atoms with Gasteiger partial charge in [0.25, 0.3) is 0 Å². The summed E-state index contributed by atoms with van der Waals surface area (Å²) in [6.07, 6.45) is 26.6. The second-order valence-electron chi connectivity index (χ2n) is 15.5. The zero-order chi connectivity index (χ0) is 28.8. The topological polar surface area (TPSA) is 78.1 Å². The normalized spacial score (nSPS) is 39.9. The summed E-state index contributed by atoms with van der Waals surface area (Å²) in [5.41, 5.74) is 17.5. The Hall–Kier alpha value is -0.120. The number of unbranched alkanes of at least 4 members (excludes halogenated alkanes) is 1. The summed E-state index contributed by atoms with van der Waals surface area (Å²) in [7, 11) is 0. The fraction of sp³-hybridized carbons (Fsp3) is 1.00. The molecular weight excluding hydrogens is 474 g/mol. The van der Waals surface area contributed by atoms with Crippen LogP contribution >= 0.6 is 0 Å². The Balaban J connectivity index is 0.000000223. The van der Waals surface area contributed by atoms with E-state index in [1.54, 1.807) is 0 Å². The van der Waals surface area contributed by atoms with Gasteiger partial charge in [-0.05, 0) is 125 Å². The monoisotopic (exact) mass is 548 g/mol. The molecule has 39 heavy (non-hydrogen) atoms. The highest BCUT2D eigenvalue weighted by molar-refractivity contribution is 4.84. The van der Waals surface area contributed by atoms with Crippen LogP contribution < -0.4 is 17.2 Å². The Bertz CT molecular complexity index is 546. The van der Waals surface area contributed by atoms with Gasteiger partial charge in [-0.2, -0.15) is 0 Å². The summed E-state index contributed by atoms with van der Waals surface area (Å²) < 4.78 is 0. The van der Waals surface area contributed by atoms with Gasteiger partial charge in [-0.25, -0.2) is 0 Å². The van der Waals surface area contributed by atoms with Crippen LogP contribution in [0.25, 0.3) is 0 Å². The van der Waals surface area contributed by atoms with Gasteiger partial charge in [-0.1, -0.05) is 86.0 Å². The Kier molecular flexibility index (Phi) is 17.2. The molecule has 4 aliphatic carbocycles. The van der Waals surface area contributed by atoms with Crippen LogP contribution in [0.5, 0.6) is 0 Å². The molecule has 0 aromatic heterocycles. The van der Waals surface area contributed by atoms with E-state index >= 15 is 0 Å². The Morgan fingerprint density at radius 1 is 0.590 bits per heavy atom. The third-order valence-corrected chi connectivity index (χ3v) is 11.4. The van der Waals surface area contributed by atoms with Crippen molar-refractivity contribution in [2.45, 2.75) is 182 Å². The average Bonchev–Trinajstić information content (AvgIpc) is 2.90. The van der Waals surface area contributed by atoms with Crippen molar-refractivity contribution < 1.29 is 0 Å². The van der Waals surface area contributed by atoms with Gasteiger partial charge in [-0.3, -0.25) is 0 Å². The molecule has 3 nitrogen and oxygen atoms in total. The highest BCUT2D eigenvalue weighted by Gasteiger charge is 2.30. The first-order valence-electron chi connectivity index (χ1n) is 17.8. The first-order chi connectivity index (χ1) is 18.6. The Morgan fingerprint density at radius 3 is 1.56 bits per heavy atom. The molecule has 7 atom stereocenters. The molecule has 0 bridgehead atoms. The molecule has 4 aliphatic rings. The van der Waals surface area contributed by atoms with Gasteiger partial charge in [0.2, 0.25) is 0 Å². The maximum absolute atomic E-state index is 6.11. The SMILES string of the molecule is CC1CCC(CC2CCC(N)C(C)C2)CC1C.CC1CCC(CC2CCC(N)CC2)CC1.CCCCC(C)N. The van der Waals surface area contributed by atoms with Crippen molar-refractivity contribution in [3.8, 4) is 0 Å². The van der Waals surface area contributed by atoms with E-state index in [9.17, 15) is 0 Å². The fourth-order valence-electron chi connectivity index (χ4n) is 8.08. The van der Waals surface area contributed by atoms with Gasteiger partial charge in [0.1, 0.15) is 0 Å². The molecule has 0 aromatic carbocycles. The minimum atomic E-state index is 0.403. The molecule has 0 radical (unpaired) electrons. The second-order valence-corrected chi connectivity index (χ2v) is 15.5. The van der Waals surface area contributed by atoms with Crippen molar-refractivity contribution in [1.82, 2.24) is 0 Å². The minimum Gasteiger partial charge on any atom is -0.328 e. The molecule has 3 heteroatoms. The molecule has 232 valence electrons. The van der Waals surface area contributed by atoms with Gasteiger partial charge in [0, 0.05) is 18.1 Å². The molecule has 4 saturated carbocycles. The van der Waals surface area contributed by atoms with E-state index in [0.29, 0.717) is 18.1 Å². The second kappa shape index (κ2) is 19.1. The lowest BCUT2D eigenvalue weighted by atomic mass is 9.69. The molecule has 4 rings (SSSR count). The third-order valence-electron chi connectivity index (χ3n) is 11.4. The molecule has 0 aromatic rings. The van der Waals surface area contributed by atoms with Crippen molar-refractivity contribution in [2.75, 3.05) is 0 Å². The zero-order valence-electron chi connectivity index (χ0n) is 27.5. The van der Waals surface area contributed by atoms with Gasteiger partial charge in [0.15, 0.2) is 0 Å². The lowest BCUT2D eigenvalue weighted by Gasteiger charge is -2.37. The molecule has 7 unspecified atom stereocenters. The Labute approximate surface area is 246 Å². The van der Waals surface area contributed by atoms with Crippen molar-refractivity contribution in [3.63, 3.8) is 0 Å². The quantitative estimate of drug-likeness (QED) is 0.297. The lowest BCUT2D eigenvalue weighted by molar-refractivity contribution is 0.152. The maximum atomic E-state index is 6.11. The minimum absolute atomic E-state index is 0.403. The molecule has 4 fully saturated rings. The van der Waals surface area contributed by atoms with Crippen molar-refractivity contribution in [2.24, 2.45) is 64.5 Å². The fourth-order valence-corrected chi connectivity index (χ4v) is 8.08. The number of nitrogens with two attached hydrogens (primary N) is 3.